The van der Waals surface area contributed by atoms with E-state index in [0.717, 1.165) is 0 Å². The van der Waals surface area contributed by atoms with Gasteiger partial charge in [0.1, 0.15) is 0 Å². The molecule has 1 unspecified atom stereocenters. The summed E-state index contributed by atoms with van der Waals surface area (Å²) in [5, 5.41) is 6.31. The first-order valence-electron chi connectivity index (χ1n) is 6.45. The standard InChI is InChI=1S/C13H16I2N3O2S/c1-3-5-8(4-2)16-9(19)13(6-7-13)10(20)17-12-18-15-11(14)21-12/h3-5,11H,6-7H2,1-2H3,(H,16,19)(H,17,18,20)/q-1/b5-3-,8-4+. The molecule has 5 nitrogen and oxygen atoms in total. The van der Waals surface area contributed by atoms with Crippen LogP contribution in [0.5, 0.6) is 0 Å². The quantitative estimate of drug-likeness (QED) is 0.218. The van der Waals surface area contributed by atoms with E-state index in [2.05, 4.69) is 36.4 Å². The van der Waals surface area contributed by atoms with E-state index in [0.29, 0.717) is 25.0 Å². The number of hydrogen-bond acceptors (Lipinski definition) is 4. The number of carbonyl (C=O) groups excluding carboxylic acids is 2. The SMILES string of the molecule is C/C=C\C(=C/C)NC(=O)C1(C(=O)NC2=N[I-]C(I)S2)CC1. The topological polar surface area (TPSA) is 70.6 Å². The van der Waals surface area contributed by atoms with Gasteiger partial charge in [0.2, 0.25) is 0 Å². The first-order chi connectivity index (χ1) is 10.0. The fraction of sp³-hybridized carbons (Fsp3) is 0.462. The zero-order valence-electron chi connectivity index (χ0n) is 11.7. The van der Waals surface area contributed by atoms with E-state index in [1.54, 1.807) is 11.8 Å². The molecule has 0 bridgehead atoms. The Bertz CT molecular complexity index is 542. The molecule has 2 amide bonds. The summed E-state index contributed by atoms with van der Waals surface area (Å²) < 4.78 is 4.82. The molecule has 21 heavy (non-hydrogen) atoms. The van der Waals surface area contributed by atoms with E-state index in [-0.39, 0.29) is 33.3 Å². The van der Waals surface area contributed by atoms with Crippen LogP contribution in [0.3, 0.4) is 0 Å². The van der Waals surface area contributed by atoms with Crippen LogP contribution in [-0.2, 0) is 9.59 Å². The van der Waals surface area contributed by atoms with Gasteiger partial charge in [-0.2, -0.15) is 0 Å². The van der Waals surface area contributed by atoms with Crippen LogP contribution in [0.4, 0.5) is 0 Å². The van der Waals surface area contributed by atoms with E-state index in [9.17, 15) is 9.59 Å². The predicted molar refractivity (Wildman–Crippen MR) is 89.4 cm³/mol. The molecular weight excluding hydrogens is 516 g/mol. The van der Waals surface area contributed by atoms with E-state index >= 15 is 0 Å². The fourth-order valence-corrected chi connectivity index (χ4v) is 6.16. The molecule has 0 radical (unpaired) electrons. The minimum atomic E-state index is -0.916. The van der Waals surface area contributed by atoms with Crippen LogP contribution in [0.2, 0.25) is 0 Å². The predicted octanol–water partition coefficient (Wildman–Crippen LogP) is -0.696. The molecule has 0 aromatic carbocycles. The van der Waals surface area contributed by atoms with Crippen molar-refractivity contribution in [1.82, 2.24) is 10.6 Å². The molecule has 2 rings (SSSR count). The average Bonchev–Trinajstić information content (AvgIpc) is 3.17. The molecule has 1 aliphatic carbocycles. The van der Waals surface area contributed by atoms with Crippen LogP contribution in [0.1, 0.15) is 26.7 Å². The molecule has 1 saturated carbocycles. The molecule has 1 fully saturated rings. The van der Waals surface area contributed by atoms with Gasteiger partial charge in [-0.05, 0) is 0 Å². The van der Waals surface area contributed by atoms with Gasteiger partial charge in [0.25, 0.3) is 0 Å². The molecule has 0 spiro atoms. The van der Waals surface area contributed by atoms with Gasteiger partial charge in [-0.15, -0.1) is 0 Å². The molecular formula is C13H16I2N3O2S-. The molecule has 2 N–H and O–H groups in total. The molecule has 116 valence electrons. The summed E-state index contributed by atoms with van der Waals surface area (Å²) in [4.78, 5) is 24.7. The summed E-state index contributed by atoms with van der Waals surface area (Å²) in [6.07, 6.45) is 6.67. The second-order valence-corrected chi connectivity index (χ2v) is 13.3. The van der Waals surface area contributed by atoms with Gasteiger partial charge < -0.3 is 0 Å². The summed E-state index contributed by atoms with van der Waals surface area (Å²) in [5.74, 6) is -0.452. The van der Waals surface area contributed by atoms with Crippen LogP contribution >= 0.6 is 34.4 Å². The number of allylic oxidation sites excluding steroid dienone is 3. The second kappa shape index (κ2) is 7.44. The first kappa shape index (κ1) is 17.3. The Kier molecular flexibility index (Phi) is 6.12. The first-order valence-corrected chi connectivity index (χ1v) is 10.8. The molecule has 8 heteroatoms. The van der Waals surface area contributed by atoms with Crippen LogP contribution in [0.15, 0.2) is 27.1 Å². The third kappa shape index (κ3) is 4.21. The number of alkyl halides is 2. The average molecular weight is 532 g/mol. The number of rotatable bonds is 4. The summed E-state index contributed by atoms with van der Waals surface area (Å²) in [6, 6.07) is 0. The van der Waals surface area contributed by atoms with Gasteiger partial charge >= 0.3 is 154 Å². The number of nitrogens with one attached hydrogen (secondary N) is 2. The molecule has 0 aromatic heterocycles. The second-order valence-electron chi connectivity index (χ2n) is 4.60. The van der Waals surface area contributed by atoms with E-state index in [4.69, 9.17) is 0 Å². The van der Waals surface area contributed by atoms with Crippen LogP contribution in [0, 0.1) is 5.41 Å². The van der Waals surface area contributed by atoms with Crippen molar-refractivity contribution in [1.29, 1.82) is 0 Å². The number of carbonyl (C=O) groups is 2. The zero-order chi connectivity index (χ0) is 15.5. The Labute approximate surface area is 152 Å². The third-order valence-electron chi connectivity index (χ3n) is 3.16. The molecule has 1 aliphatic heterocycles. The monoisotopic (exact) mass is 532 g/mol. The number of thioether (sulfide) groups is 1. The van der Waals surface area contributed by atoms with Crippen molar-refractivity contribution in [2.75, 3.05) is 0 Å². The van der Waals surface area contributed by atoms with Crippen LogP contribution in [0.25, 0.3) is 0 Å². The molecule has 2 aliphatic rings. The van der Waals surface area contributed by atoms with Gasteiger partial charge in [-0.25, -0.2) is 0 Å². The van der Waals surface area contributed by atoms with E-state index in [1.807, 2.05) is 32.1 Å². The maximum atomic E-state index is 12.4. The van der Waals surface area contributed by atoms with Gasteiger partial charge in [-0.1, -0.05) is 0 Å². The number of halogens is 2. The van der Waals surface area contributed by atoms with E-state index in [1.165, 1.54) is 0 Å². The normalized spacial score (nSPS) is 24.2. The Morgan fingerprint density at radius 2 is 2.14 bits per heavy atom. The molecule has 1 heterocycles. The van der Waals surface area contributed by atoms with Crippen molar-refractivity contribution in [3.05, 3.63) is 23.9 Å². The van der Waals surface area contributed by atoms with Crippen LogP contribution in [-0.4, -0.2) is 18.2 Å². The van der Waals surface area contributed by atoms with Gasteiger partial charge in [-0.3, -0.25) is 0 Å². The summed E-state index contributed by atoms with van der Waals surface area (Å²) in [5.41, 5.74) is -0.201. The summed E-state index contributed by atoms with van der Waals surface area (Å²) >= 11 is 3.66. The van der Waals surface area contributed by atoms with E-state index < -0.39 is 5.41 Å². The Morgan fingerprint density at radius 1 is 1.43 bits per heavy atom. The van der Waals surface area contributed by atoms with Crippen molar-refractivity contribution >= 4 is 51.3 Å². The summed E-state index contributed by atoms with van der Waals surface area (Å²) in [6.45, 7) is 3.73. The van der Waals surface area contributed by atoms with Gasteiger partial charge in [0.15, 0.2) is 0 Å². The molecule has 0 aromatic rings. The van der Waals surface area contributed by atoms with Crippen molar-refractivity contribution in [2.45, 2.75) is 28.0 Å². The van der Waals surface area contributed by atoms with Gasteiger partial charge in [0, 0.05) is 0 Å². The van der Waals surface area contributed by atoms with Crippen molar-refractivity contribution in [3.63, 3.8) is 0 Å². The zero-order valence-corrected chi connectivity index (χ0v) is 16.8. The van der Waals surface area contributed by atoms with Crippen molar-refractivity contribution in [2.24, 2.45) is 8.62 Å². The Morgan fingerprint density at radius 3 is 2.62 bits per heavy atom. The van der Waals surface area contributed by atoms with Crippen molar-refractivity contribution < 1.29 is 31.1 Å². The van der Waals surface area contributed by atoms with Crippen LogP contribution < -0.4 is 32.1 Å². The molecule has 0 saturated heterocycles. The minimum absolute atomic E-state index is 0.225. The number of nitrogens with zero attached hydrogens (tertiary/aromatic N) is 1. The number of amides is 2. The maximum absolute atomic E-state index is 12.4. The van der Waals surface area contributed by atoms with Gasteiger partial charge in [0.05, 0.1) is 0 Å². The Balaban J connectivity index is 1.98. The Hall–Kier alpha value is -0.100. The summed E-state index contributed by atoms with van der Waals surface area (Å²) in [7, 11) is 0. The fourth-order valence-electron chi connectivity index (χ4n) is 1.80. The number of amidine groups is 1. The number of hydrogen-bond donors (Lipinski definition) is 2. The van der Waals surface area contributed by atoms with Crippen molar-refractivity contribution in [3.8, 4) is 0 Å². The third-order valence-corrected chi connectivity index (χ3v) is 8.75. The molecule has 1 atom stereocenters.